The van der Waals surface area contributed by atoms with E-state index in [2.05, 4.69) is 0 Å². The molecule has 0 heteroatoms. The minimum atomic E-state index is -0.915. The SMILES string of the molecule is [2H]c1c([2H])c([2H])c2c([2H])c(-c3c4c([2H])c([2H])c([2H])c([2H])c4c(-c4c([2H])c([2H])c([2H])c5c([2H])c([2H])c([2H])c([2H])c45)c4c([2H])c([2H])c([2H])c([2H])c34)c([2H])c([2H])c2c1[2H]. The topological polar surface area (TPSA) is 0 Å². The Morgan fingerprint density at radius 3 is 1.53 bits per heavy atom. The summed E-state index contributed by atoms with van der Waals surface area (Å²) in [6.07, 6.45) is 0. The fourth-order valence-electron chi connectivity index (χ4n) is 4.03. The van der Waals surface area contributed by atoms with Crippen molar-refractivity contribution in [3.8, 4) is 22.3 Å². The van der Waals surface area contributed by atoms with Gasteiger partial charge in [0.25, 0.3) is 0 Å². The minimum Gasteiger partial charge on any atom is -0.0616 e. The summed E-state index contributed by atoms with van der Waals surface area (Å²) in [5.74, 6) is 0. The summed E-state index contributed by atoms with van der Waals surface area (Å²) in [6.45, 7) is 0. The lowest BCUT2D eigenvalue weighted by Crippen LogP contribution is -1.91. The van der Waals surface area contributed by atoms with Crippen molar-refractivity contribution >= 4 is 43.1 Å². The maximum Gasteiger partial charge on any atom is 0.0636 e. The Morgan fingerprint density at radius 1 is 0.353 bits per heavy atom. The first kappa shape index (κ1) is 7.29. The van der Waals surface area contributed by atoms with E-state index >= 15 is 0 Å². The van der Waals surface area contributed by atoms with Gasteiger partial charge in [0.2, 0.25) is 0 Å². The van der Waals surface area contributed by atoms with Crippen LogP contribution in [0.3, 0.4) is 0 Å². The molecule has 0 bridgehead atoms. The monoisotopic (exact) mass is 452 g/mol. The average molecular weight is 453 g/mol. The van der Waals surface area contributed by atoms with Crippen molar-refractivity contribution in [2.75, 3.05) is 0 Å². The predicted octanol–water partition coefficient (Wildman–Crippen LogP) is 9.63. The lowest BCUT2D eigenvalue weighted by atomic mass is 9.84. The van der Waals surface area contributed by atoms with Gasteiger partial charge in [-0.1, -0.05) is 127 Å². The zero-order chi connectivity index (χ0) is 41.6. The molecule has 0 aromatic heterocycles. The molecule has 0 spiro atoms. The highest BCUT2D eigenvalue weighted by atomic mass is 14.2. The molecule has 7 aromatic rings. The largest absolute Gasteiger partial charge is 0.0636 e. The third-order valence-corrected chi connectivity index (χ3v) is 5.44. The Balaban J connectivity index is 1.96. The molecule has 158 valence electrons. The van der Waals surface area contributed by atoms with Crippen LogP contribution in [0.25, 0.3) is 65.3 Å². The predicted molar refractivity (Wildman–Crippen MR) is 147 cm³/mol. The van der Waals surface area contributed by atoms with Gasteiger partial charge in [-0.25, -0.2) is 0 Å². The van der Waals surface area contributed by atoms with Crippen molar-refractivity contribution in [3.05, 3.63) is 133 Å². The number of fused-ring (bicyclic) bond motifs is 4. The van der Waals surface area contributed by atoms with E-state index in [4.69, 9.17) is 23.3 Å². The number of rotatable bonds is 2. The van der Waals surface area contributed by atoms with Gasteiger partial charge in [-0.3, -0.25) is 0 Å². The van der Waals surface area contributed by atoms with E-state index in [1.165, 1.54) is 0 Å². The molecule has 0 amide bonds. The molecule has 0 aliphatic rings. The summed E-state index contributed by atoms with van der Waals surface area (Å²) in [5.41, 5.74) is -2.59. The van der Waals surface area contributed by atoms with Gasteiger partial charge in [-0.05, 0) is 71.4 Å². The summed E-state index contributed by atoms with van der Waals surface area (Å²) in [5, 5.41) is -4.79. The zero-order valence-electron chi connectivity index (χ0n) is 39.0. The minimum absolute atomic E-state index is 0.526. The van der Waals surface area contributed by atoms with Gasteiger partial charge in [-0.2, -0.15) is 0 Å². The maximum atomic E-state index is 9.32. The molecule has 0 heterocycles. The van der Waals surface area contributed by atoms with Gasteiger partial charge < -0.3 is 0 Å². The molecule has 0 nitrogen and oxygen atoms in total. The summed E-state index contributed by atoms with van der Waals surface area (Å²) < 4.78 is 193. The summed E-state index contributed by atoms with van der Waals surface area (Å²) in [4.78, 5) is 0. The van der Waals surface area contributed by atoms with Crippen molar-refractivity contribution in [2.45, 2.75) is 0 Å². The Labute approximate surface area is 229 Å². The van der Waals surface area contributed by atoms with Gasteiger partial charge >= 0.3 is 0 Å². The van der Waals surface area contributed by atoms with Crippen molar-refractivity contribution in [1.82, 2.24) is 0 Å². The normalized spacial score (nSPS) is 20.6. The van der Waals surface area contributed by atoms with Crippen LogP contribution in [-0.4, -0.2) is 0 Å². The highest BCUT2D eigenvalue weighted by Gasteiger charge is 2.17. The third-order valence-electron chi connectivity index (χ3n) is 5.44. The van der Waals surface area contributed by atoms with Crippen molar-refractivity contribution in [1.29, 1.82) is 0 Å². The van der Waals surface area contributed by atoms with E-state index in [1.807, 2.05) is 0 Å². The van der Waals surface area contributed by atoms with E-state index in [0.29, 0.717) is 0 Å². The second-order valence-electron chi connectivity index (χ2n) is 7.25. The lowest BCUT2D eigenvalue weighted by Gasteiger charge is -2.19. The van der Waals surface area contributed by atoms with Crippen LogP contribution in [0.2, 0.25) is 0 Å². The van der Waals surface area contributed by atoms with Crippen LogP contribution in [0.5, 0.6) is 0 Å². The van der Waals surface area contributed by atoms with Crippen LogP contribution in [0.1, 0.15) is 30.2 Å². The van der Waals surface area contributed by atoms with E-state index in [9.17, 15) is 6.85 Å². The average Bonchev–Trinajstić information content (AvgIpc) is 3.17. The summed E-state index contributed by atoms with van der Waals surface area (Å²) in [6, 6.07) is -18.9. The van der Waals surface area contributed by atoms with Crippen molar-refractivity contribution in [2.24, 2.45) is 0 Å². The van der Waals surface area contributed by atoms with Crippen molar-refractivity contribution < 1.29 is 30.2 Å². The molecule has 0 aliphatic carbocycles. The quantitative estimate of drug-likeness (QED) is 0.229. The first-order valence-corrected chi connectivity index (χ1v) is 10.0. The van der Waals surface area contributed by atoms with Crippen LogP contribution in [0.15, 0.2) is 133 Å². The second kappa shape index (κ2) is 7.57. The molecule has 0 unspecified atom stereocenters. The molecule has 7 aromatic carbocycles. The molecule has 0 fully saturated rings. The van der Waals surface area contributed by atoms with E-state index < -0.39 is 198 Å². The van der Waals surface area contributed by atoms with Gasteiger partial charge in [0, 0.05) is 0 Å². The third kappa shape index (κ3) is 2.86. The van der Waals surface area contributed by atoms with Crippen molar-refractivity contribution in [3.63, 3.8) is 0 Å². The Kier molecular flexibility index (Phi) is 1.62. The van der Waals surface area contributed by atoms with Gasteiger partial charge in [0.05, 0.1) is 30.2 Å². The Morgan fingerprint density at radius 2 is 0.853 bits per heavy atom. The van der Waals surface area contributed by atoms with Gasteiger partial charge in [0.15, 0.2) is 0 Å². The molecule has 0 atom stereocenters. The lowest BCUT2D eigenvalue weighted by molar-refractivity contribution is 1.68. The van der Waals surface area contributed by atoms with Gasteiger partial charge in [0.1, 0.15) is 0 Å². The molecule has 0 saturated carbocycles. The fraction of sp³-hybridized carbons (Fsp3) is 0. The zero-order valence-corrected chi connectivity index (χ0v) is 17.0. The highest BCUT2D eigenvalue weighted by molar-refractivity contribution is 6.23. The fourth-order valence-corrected chi connectivity index (χ4v) is 4.03. The van der Waals surface area contributed by atoms with E-state index in [0.717, 1.165) is 0 Å². The molecular weight excluding hydrogens is 408 g/mol. The molecule has 0 radical (unpaired) electrons. The Bertz CT molecular complexity index is 2950. The summed E-state index contributed by atoms with van der Waals surface area (Å²) >= 11 is 0. The molecule has 0 saturated heterocycles. The van der Waals surface area contributed by atoms with Crippen LogP contribution >= 0.6 is 0 Å². The van der Waals surface area contributed by atoms with Crippen LogP contribution in [-0.2, 0) is 0 Å². The standard InChI is InChI=1S/C34H22/c1-2-12-25-22-26(21-20-23(25)10-1)33-29-15-5-7-17-31(29)34(32-18-8-6-16-30(32)33)28-19-9-13-24-11-3-4-14-27(24)28/h1-22H/i1D,2D,3D,4D,5D,6D,7D,8D,9D,10D,11D,12D,13D,14D,15D,16D,17D,18D,19D,20D,21D,22D. The molecule has 0 N–H and O–H groups in total. The maximum absolute atomic E-state index is 9.32. The summed E-state index contributed by atoms with van der Waals surface area (Å²) in [7, 11) is 0. The number of hydrogen-bond donors (Lipinski definition) is 0. The smallest absolute Gasteiger partial charge is 0.0616 e. The highest BCUT2D eigenvalue weighted by Crippen LogP contribution is 2.45. The van der Waals surface area contributed by atoms with Crippen LogP contribution in [0.4, 0.5) is 0 Å². The number of hydrogen-bond acceptors (Lipinski definition) is 0. The Hall–Kier alpha value is -4.42. The van der Waals surface area contributed by atoms with E-state index in [-0.39, 0.29) is 0 Å². The first-order valence-electron chi connectivity index (χ1n) is 21.0. The van der Waals surface area contributed by atoms with Crippen LogP contribution in [0, 0.1) is 0 Å². The first-order chi connectivity index (χ1) is 26.0. The second-order valence-corrected chi connectivity index (χ2v) is 7.25. The molecular formula is C34H22. The van der Waals surface area contributed by atoms with E-state index in [1.54, 1.807) is 0 Å². The number of benzene rings is 7. The van der Waals surface area contributed by atoms with Crippen LogP contribution < -0.4 is 0 Å². The molecule has 34 heavy (non-hydrogen) atoms. The van der Waals surface area contributed by atoms with Gasteiger partial charge in [-0.15, -0.1) is 0 Å². The molecule has 0 aliphatic heterocycles. The molecule has 7 rings (SSSR count).